The molecule has 0 aliphatic carbocycles. The van der Waals surface area contributed by atoms with Crippen LogP contribution >= 0.6 is 0 Å². The van der Waals surface area contributed by atoms with Crippen LogP contribution < -0.4 is 16.0 Å². The number of nitrogens with zero attached hydrogens (tertiary/aromatic N) is 2. The van der Waals surface area contributed by atoms with Crippen LogP contribution in [0.25, 0.3) is 0 Å². The Bertz CT molecular complexity index is 559. The van der Waals surface area contributed by atoms with Crippen LogP contribution in [-0.4, -0.2) is 57.0 Å². The number of amides is 2. The standard InChI is InChI=1S/C17H26N4O2/c1-20(2)15-8-4-3-7-14(15)17(23)19-9-11-21-10-5-6-13(12-21)16(18)22/h3-4,7-8,13H,5-6,9-12H2,1-2H3,(H2,18,22)(H,19,23)/t13-/m1/s1. The van der Waals surface area contributed by atoms with E-state index >= 15 is 0 Å². The molecule has 1 aliphatic rings. The molecule has 0 spiro atoms. The first kappa shape index (κ1) is 17.3. The molecule has 1 aromatic carbocycles. The van der Waals surface area contributed by atoms with Gasteiger partial charge >= 0.3 is 0 Å². The van der Waals surface area contributed by atoms with Gasteiger partial charge in [-0.2, -0.15) is 0 Å². The van der Waals surface area contributed by atoms with E-state index in [1.807, 2.05) is 43.3 Å². The smallest absolute Gasteiger partial charge is 0.253 e. The number of primary amides is 1. The summed E-state index contributed by atoms with van der Waals surface area (Å²) in [5.41, 5.74) is 6.96. The number of piperidine rings is 1. The van der Waals surface area contributed by atoms with E-state index < -0.39 is 0 Å². The van der Waals surface area contributed by atoms with Crippen LogP contribution in [0.5, 0.6) is 0 Å². The second-order valence-corrected chi connectivity index (χ2v) is 6.21. The normalized spacial score (nSPS) is 18.4. The lowest BCUT2D eigenvalue weighted by molar-refractivity contribution is -0.123. The van der Waals surface area contributed by atoms with Gasteiger partial charge in [-0.1, -0.05) is 12.1 Å². The molecule has 6 heteroatoms. The SMILES string of the molecule is CN(C)c1ccccc1C(=O)NCCN1CCC[C@@H](C(N)=O)C1. The van der Waals surface area contributed by atoms with Gasteiger partial charge in [-0.15, -0.1) is 0 Å². The van der Waals surface area contributed by atoms with Crippen molar-refractivity contribution in [2.75, 3.05) is 45.2 Å². The molecule has 2 rings (SSSR count). The van der Waals surface area contributed by atoms with Crippen molar-refractivity contribution in [3.63, 3.8) is 0 Å². The summed E-state index contributed by atoms with van der Waals surface area (Å²) >= 11 is 0. The van der Waals surface area contributed by atoms with Crippen LogP contribution in [0.15, 0.2) is 24.3 Å². The van der Waals surface area contributed by atoms with Crippen LogP contribution in [0.3, 0.4) is 0 Å². The van der Waals surface area contributed by atoms with Crippen molar-refractivity contribution in [3.8, 4) is 0 Å². The molecule has 0 aromatic heterocycles. The number of likely N-dealkylation sites (tertiary alicyclic amines) is 1. The summed E-state index contributed by atoms with van der Waals surface area (Å²) < 4.78 is 0. The van der Waals surface area contributed by atoms with Crippen LogP contribution in [-0.2, 0) is 4.79 Å². The van der Waals surface area contributed by atoms with E-state index in [-0.39, 0.29) is 17.7 Å². The first-order valence-electron chi connectivity index (χ1n) is 8.05. The first-order valence-corrected chi connectivity index (χ1v) is 8.05. The van der Waals surface area contributed by atoms with E-state index in [9.17, 15) is 9.59 Å². The third kappa shape index (κ3) is 4.69. The predicted molar refractivity (Wildman–Crippen MR) is 91.5 cm³/mol. The van der Waals surface area contributed by atoms with Gasteiger partial charge in [0.05, 0.1) is 11.5 Å². The second kappa shape index (κ2) is 7.97. The molecule has 1 aromatic rings. The zero-order chi connectivity index (χ0) is 16.8. The number of carbonyl (C=O) groups excluding carboxylic acids is 2. The summed E-state index contributed by atoms with van der Waals surface area (Å²) in [6.07, 6.45) is 1.85. The van der Waals surface area contributed by atoms with Gasteiger partial charge in [-0.3, -0.25) is 9.59 Å². The third-order valence-corrected chi connectivity index (χ3v) is 4.25. The fourth-order valence-electron chi connectivity index (χ4n) is 2.97. The summed E-state index contributed by atoms with van der Waals surface area (Å²) in [5, 5.41) is 2.96. The van der Waals surface area contributed by atoms with Gasteiger partial charge in [-0.05, 0) is 31.5 Å². The third-order valence-electron chi connectivity index (χ3n) is 4.25. The Morgan fingerprint density at radius 2 is 2.09 bits per heavy atom. The maximum Gasteiger partial charge on any atom is 0.253 e. The van der Waals surface area contributed by atoms with Gasteiger partial charge in [0.25, 0.3) is 5.91 Å². The molecule has 6 nitrogen and oxygen atoms in total. The van der Waals surface area contributed by atoms with Crippen LogP contribution in [0.2, 0.25) is 0 Å². The minimum Gasteiger partial charge on any atom is -0.377 e. The molecule has 1 heterocycles. The van der Waals surface area contributed by atoms with Crippen molar-refractivity contribution in [1.82, 2.24) is 10.2 Å². The number of anilines is 1. The summed E-state index contributed by atoms with van der Waals surface area (Å²) in [6.45, 7) is 2.94. The number of benzene rings is 1. The van der Waals surface area contributed by atoms with Crippen molar-refractivity contribution in [2.24, 2.45) is 11.7 Å². The number of nitrogens with one attached hydrogen (secondary N) is 1. The molecular formula is C17H26N4O2. The molecule has 0 radical (unpaired) electrons. The highest BCUT2D eigenvalue weighted by Gasteiger charge is 2.23. The Morgan fingerprint density at radius 3 is 2.78 bits per heavy atom. The van der Waals surface area contributed by atoms with E-state index in [2.05, 4.69) is 10.2 Å². The maximum atomic E-state index is 12.4. The highest BCUT2D eigenvalue weighted by molar-refractivity contribution is 5.99. The highest BCUT2D eigenvalue weighted by Crippen LogP contribution is 2.18. The quantitative estimate of drug-likeness (QED) is 0.808. The molecule has 1 fully saturated rings. The minimum atomic E-state index is -0.223. The monoisotopic (exact) mass is 318 g/mol. The van der Waals surface area contributed by atoms with Gasteiger partial charge in [-0.25, -0.2) is 0 Å². The lowest BCUT2D eigenvalue weighted by Gasteiger charge is -2.31. The van der Waals surface area contributed by atoms with Crippen LogP contribution in [0, 0.1) is 5.92 Å². The average Bonchev–Trinajstić information content (AvgIpc) is 2.55. The zero-order valence-electron chi connectivity index (χ0n) is 13.9. The van der Waals surface area contributed by atoms with E-state index in [1.54, 1.807) is 0 Å². The topological polar surface area (TPSA) is 78.7 Å². The molecule has 1 atom stereocenters. The largest absolute Gasteiger partial charge is 0.377 e. The number of carbonyl (C=O) groups is 2. The molecule has 0 unspecified atom stereocenters. The van der Waals surface area contributed by atoms with E-state index in [0.29, 0.717) is 18.7 Å². The molecule has 23 heavy (non-hydrogen) atoms. The Morgan fingerprint density at radius 1 is 1.35 bits per heavy atom. The predicted octanol–water partition coefficient (Wildman–Crippen LogP) is 0.680. The molecular weight excluding hydrogens is 292 g/mol. The Kier molecular flexibility index (Phi) is 5.98. The van der Waals surface area contributed by atoms with Crippen molar-refractivity contribution < 1.29 is 9.59 Å². The van der Waals surface area contributed by atoms with Crippen molar-refractivity contribution in [2.45, 2.75) is 12.8 Å². The number of rotatable bonds is 6. The first-order chi connectivity index (χ1) is 11.0. The van der Waals surface area contributed by atoms with E-state index in [4.69, 9.17) is 5.73 Å². The van der Waals surface area contributed by atoms with Gasteiger partial charge < -0.3 is 20.9 Å². The Labute approximate surface area is 137 Å². The molecule has 0 saturated carbocycles. The molecule has 2 amide bonds. The Balaban J connectivity index is 1.84. The van der Waals surface area contributed by atoms with Crippen molar-refractivity contribution >= 4 is 17.5 Å². The fraction of sp³-hybridized carbons (Fsp3) is 0.529. The lowest BCUT2D eigenvalue weighted by atomic mass is 9.97. The number of hydrogen-bond donors (Lipinski definition) is 2. The summed E-state index contributed by atoms with van der Waals surface area (Å²) in [7, 11) is 3.84. The summed E-state index contributed by atoms with van der Waals surface area (Å²) in [5.74, 6) is -0.356. The van der Waals surface area contributed by atoms with Gasteiger partial charge in [0.2, 0.25) is 5.91 Å². The highest BCUT2D eigenvalue weighted by atomic mass is 16.2. The lowest BCUT2D eigenvalue weighted by Crippen LogP contribution is -2.44. The summed E-state index contributed by atoms with van der Waals surface area (Å²) in [4.78, 5) is 27.8. The maximum absolute atomic E-state index is 12.4. The Hall–Kier alpha value is -2.08. The van der Waals surface area contributed by atoms with Crippen molar-refractivity contribution in [1.29, 1.82) is 0 Å². The number of para-hydroxylation sites is 1. The van der Waals surface area contributed by atoms with Gasteiger partial charge in [0.15, 0.2) is 0 Å². The molecule has 1 saturated heterocycles. The molecule has 126 valence electrons. The zero-order valence-corrected chi connectivity index (χ0v) is 13.9. The fourth-order valence-corrected chi connectivity index (χ4v) is 2.97. The molecule has 1 aliphatic heterocycles. The van der Waals surface area contributed by atoms with Crippen LogP contribution in [0.4, 0.5) is 5.69 Å². The van der Waals surface area contributed by atoms with E-state index in [0.717, 1.165) is 31.6 Å². The molecule has 3 N–H and O–H groups in total. The van der Waals surface area contributed by atoms with Gasteiger partial charge in [0, 0.05) is 39.4 Å². The van der Waals surface area contributed by atoms with E-state index in [1.165, 1.54) is 0 Å². The number of hydrogen-bond acceptors (Lipinski definition) is 4. The van der Waals surface area contributed by atoms with Gasteiger partial charge in [0.1, 0.15) is 0 Å². The average molecular weight is 318 g/mol. The minimum absolute atomic E-state index is 0.0612. The summed E-state index contributed by atoms with van der Waals surface area (Å²) in [6, 6.07) is 7.54. The number of nitrogens with two attached hydrogens (primary N) is 1. The second-order valence-electron chi connectivity index (χ2n) is 6.21. The molecule has 0 bridgehead atoms. The van der Waals surface area contributed by atoms with Crippen molar-refractivity contribution in [3.05, 3.63) is 29.8 Å². The van der Waals surface area contributed by atoms with Crippen LogP contribution in [0.1, 0.15) is 23.2 Å².